The number of nitrogens with two attached hydrogens (primary N) is 1. The number of hydrogen-bond donors (Lipinski definition) is 2. The van der Waals surface area contributed by atoms with Crippen molar-refractivity contribution in [2.24, 2.45) is 29.4 Å². The SMILES string of the molecule is CCC1CC(C(=O)O)C(C(=O)N(CC(N)=O)CC(C)C)C1. The van der Waals surface area contributed by atoms with E-state index in [1.807, 2.05) is 20.8 Å². The van der Waals surface area contributed by atoms with Crippen LogP contribution in [-0.4, -0.2) is 40.9 Å². The summed E-state index contributed by atoms with van der Waals surface area (Å²) in [6.45, 7) is 6.17. The first kappa shape index (κ1) is 17.5. The molecule has 1 fully saturated rings. The van der Waals surface area contributed by atoms with Crippen LogP contribution in [0.3, 0.4) is 0 Å². The lowest BCUT2D eigenvalue weighted by Gasteiger charge is -2.27. The quantitative estimate of drug-likeness (QED) is 0.734. The smallest absolute Gasteiger partial charge is 0.307 e. The number of amides is 2. The Morgan fingerprint density at radius 2 is 1.81 bits per heavy atom. The van der Waals surface area contributed by atoms with Gasteiger partial charge in [-0.15, -0.1) is 0 Å². The molecule has 0 aromatic carbocycles. The molecule has 6 heteroatoms. The third-order valence-electron chi connectivity index (χ3n) is 4.12. The normalized spacial score (nSPS) is 25.0. The lowest BCUT2D eigenvalue weighted by molar-refractivity contribution is -0.149. The molecule has 21 heavy (non-hydrogen) atoms. The minimum absolute atomic E-state index is 0.142. The number of hydrogen-bond acceptors (Lipinski definition) is 3. The summed E-state index contributed by atoms with van der Waals surface area (Å²) < 4.78 is 0. The van der Waals surface area contributed by atoms with Crippen molar-refractivity contribution in [3.05, 3.63) is 0 Å². The first-order valence-electron chi connectivity index (χ1n) is 7.56. The molecule has 6 nitrogen and oxygen atoms in total. The van der Waals surface area contributed by atoms with E-state index in [2.05, 4.69) is 0 Å². The Labute approximate surface area is 125 Å². The van der Waals surface area contributed by atoms with Gasteiger partial charge in [-0.1, -0.05) is 27.2 Å². The molecule has 1 saturated carbocycles. The second kappa shape index (κ2) is 7.43. The van der Waals surface area contributed by atoms with Gasteiger partial charge in [-0.3, -0.25) is 14.4 Å². The summed E-state index contributed by atoms with van der Waals surface area (Å²) in [6.07, 6.45) is 1.99. The van der Waals surface area contributed by atoms with Crippen LogP contribution >= 0.6 is 0 Å². The molecule has 0 saturated heterocycles. The van der Waals surface area contributed by atoms with E-state index in [1.165, 1.54) is 4.90 Å². The molecule has 2 amide bonds. The average Bonchev–Trinajstić information content (AvgIpc) is 2.80. The van der Waals surface area contributed by atoms with Crippen molar-refractivity contribution in [2.45, 2.75) is 40.0 Å². The molecule has 0 aromatic rings. The maximum absolute atomic E-state index is 12.6. The molecule has 0 radical (unpaired) electrons. The van der Waals surface area contributed by atoms with E-state index in [1.54, 1.807) is 0 Å². The Bertz CT molecular complexity index is 408. The standard InChI is InChI=1S/C15H26N2O4/c1-4-10-5-11(12(6-10)15(20)21)14(19)17(7-9(2)3)8-13(16)18/h9-12H,4-8H2,1-3H3,(H2,16,18)(H,20,21). The van der Waals surface area contributed by atoms with Crippen molar-refractivity contribution < 1.29 is 19.5 Å². The van der Waals surface area contributed by atoms with Crippen LogP contribution in [-0.2, 0) is 14.4 Å². The molecule has 3 N–H and O–H groups in total. The number of carboxylic acids is 1. The second-order valence-electron chi connectivity index (χ2n) is 6.38. The lowest BCUT2D eigenvalue weighted by atomic mass is 9.94. The number of aliphatic carboxylic acids is 1. The van der Waals surface area contributed by atoms with Crippen molar-refractivity contribution in [3.8, 4) is 0 Å². The highest BCUT2D eigenvalue weighted by Gasteiger charge is 2.43. The van der Waals surface area contributed by atoms with E-state index in [-0.39, 0.29) is 24.3 Å². The van der Waals surface area contributed by atoms with E-state index >= 15 is 0 Å². The van der Waals surface area contributed by atoms with Gasteiger partial charge in [0.05, 0.1) is 18.4 Å². The number of carboxylic acid groups (broad SMARTS) is 1. The highest BCUT2D eigenvalue weighted by atomic mass is 16.4. The molecule has 0 aromatic heterocycles. The molecular formula is C15H26N2O4. The van der Waals surface area contributed by atoms with Gasteiger partial charge < -0.3 is 15.7 Å². The summed E-state index contributed by atoms with van der Waals surface area (Å²) in [7, 11) is 0. The van der Waals surface area contributed by atoms with Crippen LogP contribution in [0.5, 0.6) is 0 Å². The largest absolute Gasteiger partial charge is 0.481 e. The fourth-order valence-electron chi connectivity index (χ4n) is 3.12. The zero-order valence-electron chi connectivity index (χ0n) is 13.0. The third kappa shape index (κ3) is 4.72. The van der Waals surface area contributed by atoms with Gasteiger partial charge in [0, 0.05) is 6.54 Å². The van der Waals surface area contributed by atoms with Crippen LogP contribution in [0.15, 0.2) is 0 Å². The van der Waals surface area contributed by atoms with Crippen LogP contribution in [0, 0.1) is 23.7 Å². The molecule has 1 aliphatic rings. The van der Waals surface area contributed by atoms with E-state index < -0.39 is 23.7 Å². The monoisotopic (exact) mass is 298 g/mol. The fraction of sp³-hybridized carbons (Fsp3) is 0.800. The zero-order chi connectivity index (χ0) is 16.2. The minimum Gasteiger partial charge on any atom is -0.481 e. The Kier molecular flexibility index (Phi) is 6.18. The van der Waals surface area contributed by atoms with Gasteiger partial charge in [0.1, 0.15) is 0 Å². The van der Waals surface area contributed by atoms with Crippen LogP contribution in [0.4, 0.5) is 0 Å². The Hall–Kier alpha value is -1.59. The summed E-state index contributed by atoms with van der Waals surface area (Å²) in [4.78, 5) is 36.6. The number of carbonyl (C=O) groups is 3. The van der Waals surface area contributed by atoms with Gasteiger partial charge in [0.25, 0.3) is 0 Å². The molecule has 0 spiro atoms. The summed E-state index contributed by atoms with van der Waals surface area (Å²) in [5, 5.41) is 9.33. The molecular weight excluding hydrogens is 272 g/mol. The van der Waals surface area contributed by atoms with Crippen molar-refractivity contribution >= 4 is 17.8 Å². The van der Waals surface area contributed by atoms with Crippen LogP contribution in [0.1, 0.15) is 40.0 Å². The van der Waals surface area contributed by atoms with Crippen molar-refractivity contribution in [3.63, 3.8) is 0 Å². The summed E-state index contributed by atoms with van der Waals surface area (Å²) in [5.41, 5.74) is 5.20. The number of rotatable bonds is 7. The van der Waals surface area contributed by atoms with Crippen LogP contribution in [0.2, 0.25) is 0 Å². The van der Waals surface area contributed by atoms with Gasteiger partial charge >= 0.3 is 5.97 Å². The summed E-state index contributed by atoms with van der Waals surface area (Å²) in [6, 6.07) is 0. The third-order valence-corrected chi connectivity index (χ3v) is 4.12. The fourth-order valence-corrected chi connectivity index (χ4v) is 3.12. The van der Waals surface area contributed by atoms with Crippen molar-refractivity contribution in [2.75, 3.05) is 13.1 Å². The van der Waals surface area contributed by atoms with E-state index in [0.717, 1.165) is 6.42 Å². The number of carbonyl (C=O) groups excluding carboxylic acids is 2. The first-order chi connectivity index (χ1) is 9.76. The molecule has 1 rings (SSSR count). The Balaban J connectivity index is 2.89. The van der Waals surface area contributed by atoms with Gasteiger partial charge in [-0.25, -0.2) is 0 Å². The molecule has 0 aliphatic heterocycles. The van der Waals surface area contributed by atoms with Crippen LogP contribution in [0.25, 0.3) is 0 Å². The summed E-state index contributed by atoms with van der Waals surface area (Å²) in [5.74, 6) is -2.47. The van der Waals surface area contributed by atoms with Crippen molar-refractivity contribution in [1.82, 2.24) is 4.90 Å². The van der Waals surface area contributed by atoms with E-state index in [4.69, 9.17) is 5.73 Å². The molecule has 0 heterocycles. The average molecular weight is 298 g/mol. The highest BCUT2D eigenvalue weighted by molar-refractivity contribution is 5.88. The van der Waals surface area contributed by atoms with Gasteiger partial charge in [-0.05, 0) is 24.7 Å². The topological polar surface area (TPSA) is 101 Å². The first-order valence-corrected chi connectivity index (χ1v) is 7.56. The van der Waals surface area contributed by atoms with Crippen molar-refractivity contribution in [1.29, 1.82) is 0 Å². The van der Waals surface area contributed by atoms with Gasteiger partial charge in [-0.2, -0.15) is 0 Å². The molecule has 1 aliphatic carbocycles. The molecule has 3 unspecified atom stereocenters. The molecule has 120 valence electrons. The second-order valence-corrected chi connectivity index (χ2v) is 6.38. The molecule has 0 bridgehead atoms. The maximum Gasteiger partial charge on any atom is 0.307 e. The Morgan fingerprint density at radius 1 is 1.24 bits per heavy atom. The van der Waals surface area contributed by atoms with Gasteiger partial charge in [0.2, 0.25) is 11.8 Å². The van der Waals surface area contributed by atoms with E-state index in [0.29, 0.717) is 19.4 Å². The van der Waals surface area contributed by atoms with Gasteiger partial charge in [0.15, 0.2) is 0 Å². The molecule has 3 atom stereocenters. The number of nitrogens with zero attached hydrogens (tertiary/aromatic N) is 1. The predicted molar refractivity (Wildman–Crippen MR) is 78.2 cm³/mol. The summed E-state index contributed by atoms with van der Waals surface area (Å²) >= 11 is 0. The van der Waals surface area contributed by atoms with Crippen LogP contribution < -0.4 is 5.73 Å². The number of primary amides is 1. The highest BCUT2D eigenvalue weighted by Crippen LogP contribution is 2.39. The predicted octanol–water partition coefficient (Wildman–Crippen LogP) is 1.09. The zero-order valence-corrected chi connectivity index (χ0v) is 13.0. The maximum atomic E-state index is 12.6. The van der Waals surface area contributed by atoms with E-state index in [9.17, 15) is 19.5 Å². The lowest BCUT2D eigenvalue weighted by Crippen LogP contribution is -2.45. The minimum atomic E-state index is -0.923. The Morgan fingerprint density at radius 3 is 2.24 bits per heavy atom.